The molecule has 2 N–H and O–H groups in total. The van der Waals surface area contributed by atoms with Gasteiger partial charge in [-0.3, -0.25) is 0 Å². The van der Waals surface area contributed by atoms with Crippen molar-refractivity contribution in [2.24, 2.45) is 0 Å². The molecular formula is C24H20N4O. The normalized spacial score (nSPS) is 13.3. The zero-order valence-electron chi connectivity index (χ0n) is 16.9. The summed E-state index contributed by atoms with van der Waals surface area (Å²) in [6, 6.07) is 11.7. The van der Waals surface area contributed by atoms with Crippen LogP contribution in [-0.2, 0) is 0 Å². The Morgan fingerprint density at radius 1 is 0.966 bits per heavy atom. The van der Waals surface area contributed by atoms with Gasteiger partial charge >= 0.3 is 0 Å². The molecule has 5 heterocycles. The van der Waals surface area contributed by atoms with E-state index in [4.69, 9.17) is 1.37 Å². The minimum atomic E-state index is 0.248. The molecule has 0 radical (unpaired) electrons. The third kappa shape index (κ3) is 3.38. The Hall–Kier alpha value is -3.86. The van der Waals surface area contributed by atoms with Crippen LogP contribution in [0.1, 0.15) is 43.1 Å². The van der Waals surface area contributed by atoms with Crippen molar-refractivity contribution >= 4 is 52.4 Å². The van der Waals surface area contributed by atoms with Crippen LogP contribution < -0.4 is 0 Å². The Balaban J connectivity index is 1.91. The fraction of sp³-hybridized carbons (Fsp3) is 0.0833. The Kier molecular flexibility index (Phi) is 3.86. The molecular weight excluding hydrogens is 360 g/mol. The lowest BCUT2D eigenvalue weighted by Gasteiger charge is -1.95. The number of aromatic amines is 1. The zero-order chi connectivity index (χ0) is 20.7. The molecule has 8 bridgehead atoms. The summed E-state index contributed by atoms with van der Waals surface area (Å²) >= 11 is 0. The summed E-state index contributed by atoms with van der Waals surface area (Å²) in [5, 5.41) is 10.9. The maximum atomic E-state index is 10.9. The third-order valence-corrected chi connectivity index (χ3v) is 4.79. The molecule has 0 aliphatic carbocycles. The van der Waals surface area contributed by atoms with E-state index in [2.05, 4.69) is 15.0 Å². The van der Waals surface area contributed by atoms with Gasteiger partial charge in [-0.1, -0.05) is 19.1 Å². The molecule has 2 aliphatic rings. The maximum absolute atomic E-state index is 10.9. The van der Waals surface area contributed by atoms with Crippen molar-refractivity contribution in [1.82, 2.24) is 19.7 Å². The number of nitrogens with one attached hydrogen (secondary N) is 1. The molecule has 0 spiro atoms. The molecule has 0 atom stereocenters. The van der Waals surface area contributed by atoms with Gasteiger partial charge in [-0.15, -0.1) is 0 Å². The number of allylic oxidation sites excluding steroid dienone is 1. The van der Waals surface area contributed by atoms with Crippen LogP contribution in [0.3, 0.4) is 0 Å². The van der Waals surface area contributed by atoms with Crippen LogP contribution in [0.4, 0.5) is 0 Å². The fourth-order valence-electron chi connectivity index (χ4n) is 3.40. The number of fused-ring (bicyclic) bond motifs is 8. The van der Waals surface area contributed by atoms with Gasteiger partial charge in [-0.25, -0.2) is 9.97 Å². The van der Waals surface area contributed by atoms with E-state index in [-0.39, 0.29) is 6.04 Å². The Morgan fingerprint density at radius 3 is 2.17 bits per heavy atom. The molecule has 2 aliphatic heterocycles. The molecule has 0 fully saturated rings. The van der Waals surface area contributed by atoms with E-state index >= 15 is 0 Å². The molecule has 3 aromatic heterocycles. The van der Waals surface area contributed by atoms with Crippen LogP contribution in [0, 0.1) is 0 Å². The zero-order valence-corrected chi connectivity index (χ0v) is 15.9. The number of hydrogen-bond donors (Lipinski definition) is 2. The van der Waals surface area contributed by atoms with Gasteiger partial charge in [0.2, 0.25) is 0 Å². The largest absolute Gasteiger partial charge is 0.428 e. The van der Waals surface area contributed by atoms with Crippen LogP contribution in [0.25, 0.3) is 52.4 Å². The predicted molar refractivity (Wildman–Crippen MR) is 119 cm³/mol. The molecule has 0 aromatic carbocycles. The number of hydrogen-bond acceptors (Lipinski definition) is 3. The van der Waals surface area contributed by atoms with Gasteiger partial charge in [0, 0.05) is 16.6 Å². The van der Waals surface area contributed by atoms with Crippen molar-refractivity contribution in [2.75, 3.05) is 0 Å². The maximum Gasteiger partial charge on any atom is 0.0894 e. The molecule has 29 heavy (non-hydrogen) atoms. The first-order chi connectivity index (χ1) is 14.6. The van der Waals surface area contributed by atoms with Crippen LogP contribution in [-0.4, -0.2) is 24.9 Å². The predicted octanol–water partition coefficient (Wildman–Crippen LogP) is 5.79. The quantitative estimate of drug-likeness (QED) is 0.380. The number of nitrogens with zero attached hydrogens (tertiary/aromatic N) is 3. The minimum absolute atomic E-state index is 0.248. The van der Waals surface area contributed by atoms with Gasteiger partial charge in [-0.2, -0.15) is 4.73 Å². The van der Waals surface area contributed by atoms with Gasteiger partial charge in [0.25, 0.3) is 0 Å². The summed E-state index contributed by atoms with van der Waals surface area (Å²) in [6.07, 6.45) is 12.3. The van der Waals surface area contributed by atoms with E-state index in [1.165, 1.54) is 0 Å². The Bertz CT molecular complexity index is 1410. The molecule has 0 saturated heterocycles. The summed E-state index contributed by atoms with van der Waals surface area (Å²) in [5.74, 6) is 0. The SMILES string of the molecule is [2H]c1c(C=CCC)c2cc3nc(cc4ccc(cc5nc(cc1n2O)C=C5)[nH]4)C=C3. The van der Waals surface area contributed by atoms with Crippen molar-refractivity contribution in [1.29, 1.82) is 0 Å². The van der Waals surface area contributed by atoms with Crippen LogP contribution in [0.5, 0.6) is 0 Å². The van der Waals surface area contributed by atoms with Crippen molar-refractivity contribution < 1.29 is 6.58 Å². The topological polar surface area (TPSA) is 66.7 Å². The average Bonchev–Trinajstić information content (AvgIpc) is 3.49. The highest BCUT2D eigenvalue weighted by Gasteiger charge is 2.08. The number of rotatable bonds is 2. The van der Waals surface area contributed by atoms with Gasteiger partial charge < -0.3 is 10.2 Å². The van der Waals surface area contributed by atoms with E-state index in [1.54, 1.807) is 12.1 Å². The van der Waals surface area contributed by atoms with Crippen molar-refractivity contribution in [3.05, 3.63) is 76.9 Å². The van der Waals surface area contributed by atoms with E-state index in [0.717, 1.165) is 33.6 Å². The average molecular weight is 381 g/mol. The van der Waals surface area contributed by atoms with Crippen molar-refractivity contribution in [2.45, 2.75) is 13.3 Å². The van der Waals surface area contributed by atoms with Crippen LogP contribution in [0.15, 0.2) is 48.5 Å². The molecule has 0 saturated carbocycles. The first-order valence-electron chi connectivity index (χ1n) is 10.1. The van der Waals surface area contributed by atoms with Crippen LogP contribution >= 0.6 is 0 Å². The molecule has 0 unspecified atom stereocenters. The monoisotopic (exact) mass is 381 g/mol. The first-order valence-corrected chi connectivity index (χ1v) is 9.57. The van der Waals surface area contributed by atoms with E-state index < -0.39 is 0 Å². The lowest BCUT2D eigenvalue weighted by molar-refractivity contribution is 0.212. The first kappa shape index (κ1) is 16.1. The van der Waals surface area contributed by atoms with E-state index in [0.29, 0.717) is 28.0 Å². The summed E-state index contributed by atoms with van der Waals surface area (Å²) < 4.78 is 9.69. The van der Waals surface area contributed by atoms with Gasteiger partial charge in [0.05, 0.1) is 35.2 Å². The van der Waals surface area contributed by atoms with Gasteiger partial charge in [0.1, 0.15) is 0 Å². The standard InChI is InChI=1S/C24H20N4O/c1-2-3-4-16-11-23-14-21-9-7-19(26-21)12-17-5-6-18(25-17)13-20-8-10-22(27-20)15-24(16)28(23)29/h3-15,25,29H,2H2,1H3/i11D. The highest BCUT2D eigenvalue weighted by molar-refractivity contribution is 5.82. The van der Waals surface area contributed by atoms with E-state index in [1.807, 2.05) is 67.6 Å². The Morgan fingerprint density at radius 2 is 1.55 bits per heavy atom. The van der Waals surface area contributed by atoms with E-state index in [9.17, 15) is 5.21 Å². The second kappa shape index (κ2) is 6.95. The number of aromatic nitrogens is 4. The highest BCUT2D eigenvalue weighted by atomic mass is 16.5. The summed E-state index contributed by atoms with van der Waals surface area (Å²) in [7, 11) is 0. The summed E-state index contributed by atoms with van der Waals surface area (Å²) in [6.45, 7) is 2.03. The molecule has 5 nitrogen and oxygen atoms in total. The summed E-state index contributed by atoms with van der Waals surface area (Å²) in [4.78, 5) is 12.6. The second-order valence-corrected chi connectivity index (χ2v) is 6.97. The molecule has 3 aromatic rings. The van der Waals surface area contributed by atoms with Crippen LogP contribution in [0.2, 0.25) is 0 Å². The fourth-order valence-corrected chi connectivity index (χ4v) is 3.40. The molecule has 142 valence electrons. The lowest BCUT2D eigenvalue weighted by Crippen LogP contribution is -1.89. The third-order valence-electron chi connectivity index (χ3n) is 4.79. The lowest BCUT2D eigenvalue weighted by atomic mass is 10.2. The van der Waals surface area contributed by atoms with Gasteiger partial charge in [0.15, 0.2) is 0 Å². The van der Waals surface area contributed by atoms with Gasteiger partial charge in [-0.05, 0) is 73.2 Å². The summed E-state index contributed by atoms with van der Waals surface area (Å²) in [5.41, 5.74) is 6.45. The Labute approximate surface area is 169 Å². The smallest absolute Gasteiger partial charge is 0.0894 e. The van der Waals surface area contributed by atoms with Crippen molar-refractivity contribution in [3.63, 3.8) is 0 Å². The second-order valence-electron chi connectivity index (χ2n) is 6.97. The molecule has 0 amide bonds. The minimum Gasteiger partial charge on any atom is -0.428 e. The van der Waals surface area contributed by atoms with Crippen molar-refractivity contribution in [3.8, 4) is 0 Å². The molecule has 5 rings (SSSR count). The number of H-pyrrole nitrogens is 1. The highest BCUT2D eigenvalue weighted by Crippen LogP contribution is 2.22. The molecule has 5 heteroatoms.